The molecule has 0 spiro atoms. The Kier molecular flexibility index (Phi) is 9.82. The second-order valence-corrected chi connectivity index (χ2v) is 7.90. The minimum Gasteiger partial charge on any atom is -0.462 e. The molecule has 0 aliphatic heterocycles. The van der Waals surface area contributed by atoms with E-state index in [9.17, 15) is 4.79 Å². The normalized spacial score (nSPS) is 12.0. The van der Waals surface area contributed by atoms with Gasteiger partial charge in [0.05, 0.1) is 12.2 Å². The number of aryl methyl sites for hydroxylation is 1. The van der Waals surface area contributed by atoms with Gasteiger partial charge in [-0.1, -0.05) is 95.7 Å². The lowest BCUT2D eigenvalue weighted by molar-refractivity contribution is 0.0447. The van der Waals surface area contributed by atoms with Crippen LogP contribution in [-0.2, 0) is 11.2 Å². The summed E-state index contributed by atoms with van der Waals surface area (Å²) in [6, 6.07) is 16.6. The van der Waals surface area contributed by atoms with E-state index < -0.39 is 0 Å². The summed E-state index contributed by atoms with van der Waals surface area (Å²) >= 11 is 0. The fourth-order valence-corrected chi connectivity index (χ4v) is 3.19. The Morgan fingerprint density at radius 3 is 2.00 bits per heavy atom. The zero-order valence-corrected chi connectivity index (χ0v) is 17.9. The van der Waals surface area contributed by atoms with E-state index in [0.29, 0.717) is 18.1 Å². The lowest BCUT2D eigenvalue weighted by Crippen LogP contribution is -2.11. The third kappa shape index (κ3) is 7.50. The third-order valence-corrected chi connectivity index (χ3v) is 5.42. The minimum absolute atomic E-state index is 0.235. The van der Waals surface area contributed by atoms with Crippen molar-refractivity contribution in [2.24, 2.45) is 5.92 Å². The Labute approximate surface area is 171 Å². The van der Waals surface area contributed by atoms with Crippen molar-refractivity contribution in [1.29, 1.82) is 0 Å². The Balaban J connectivity index is 1.83. The molecule has 1 atom stereocenters. The van der Waals surface area contributed by atoms with Crippen molar-refractivity contribution in [3.05, 3.63) is 59.7 Å². The maximum absolute atomic E-state index is 12.1. The summed E-state index contributed by atoms with van der Waals surface area (Å²) in [5.74, 6) is 0.166. The SMILES string of the molecule is CCCCCCCCc1ccc(-c2ccc(C(=O)OCC(C)CC)cc2)cc1. The standard InChI is InChI=1S/C26H36O2/c1-4-6-7-8-9-10-11-22-12-14-23(15-13-22)24-16-18-25(19-17-24)26(27)28-20-21(3)5-2/h12-19,21H,4-11,20H2,1-3H3. The number of rotatable bonds is 12. The fourth-order valence-electron chi connectivity index (χ4n) is 3.19. The van der Waals surface area contributed by atoms with E-state index in [1.807, 2.05) is 24.3 Å². The molecule has 0 saturated carbocycles. The zero-order chi connectivity index (χ0) is 20.2. The topological polar surface area (TPSA) is 26.3 Å². The smallest absolute Gasteiger partial charge is 0.338 e. The lowest BCUT2D eigenvalue weighted by Gasteiger charge is -2.10. The molecule has 0 aliphatic rings. The van der Waals surface area contributed by atoms with Gasteiger partial charge < -0.3 is 4.74 Å². The van der Waals surface area contributed by atoms with E-state index in [0.717, 1.165) is 18.4 Å². The molecule has 0 heterocycles. The van der Waals surface area contributed by atoms with Crippen molar-refractivity contribution in [1.82, 2.24) is 0 Å². The second-order valence-electron chi connectivity index (χ2n) is 7.90. The van der Waals surface area contributed by atoms with Crippen molar-refractivity contribution in [3.63, 3.8) is 0 Å². The Morgan fingerprint density at radius 1 is 0.821 bits per heavy atom. The van der Waals surface area contributed by atoms with Gasteiger partial charge in [-0.15, -0.1) is 0 Å². The molecule has 1 unspecified atom stereocenters. The molecule has 152 valence electrons. The lowest BCUT2D eigenvalue weighted by atomic mass is 10.00. The molecule has 2 aromatic rings. The summed E-state index contributed by atoms with van der Waals surface area (Å²) in [6.07, 6.45) is 10.2. The van der Waals surface area contributed by atoms with Crippen LogP contribution in [-0.4, -0.2) is 12.6 Å². The van der Waals surface area contributed by atoms with Gasteiger partial charge >= 0.3 is 5.97 Å². The van der Waals surface area contributed by atoms with Crippen molar-refractivity contribution < 1.29 is 9.53 Å². The van der Waals surface area contributed by atoms with Crippen LogP contribution in [0.3, 0.4) is 0 Å². The second kappa shape index (κ2) is 12.4. The zero-order valence-electron chi connectivity index (χ0n) is 17.9. The van der Waals surface area contributed by atoms with Crippen LogP contribution < -0.4 is 0 Å². The summed E-state index contributed by atoms with van der Waals surface area (Å²) in [6.45, 7) is 6.94. The van der Waals surface area contributed by atoms with Crippen molar-refractivity contribution in [2.45, 2.75) is 72.1 Å². The molecule has 0 aromatic heterocycles. The Bertz CT molecular complexity index is 685. The monoisotopic (exact) mass is 380 g/mol. The van der Waals surface area contributed by atoms with Crippen LogP contribution in [0.1, 0.15) is 81.6 Å². The van der Waals surface area contributed by atoms with E-state index in [4.69, 9.17) is 4.74 Å². The molecule has 0 N–H and O–H groups in total. The molecule has 0 fully saturated rings. The highest BCUT2D eigenvalue weighted by Gasteiger charge is 2.09. The number of ether oxygens (including phenoxy) is 1. The van der Waals surface area contributed by atoms with Gasteiger partial charge in [0.1, 0.15) is 0 Å². The number of benzene rings is 2. The number of unbranched alkanes of at least 4 members (excludes halogenated alkanes) is 5. The third-order valence-electron chi connectivity index (χ3n) is 5.42. The van der Waals surface area contributed by atoms with Crippen molar-refractivity contribution in [2.75, 3.05) is 6.61 Å². The highest BCUT2D eigenvalue weighted by Crippen LogP contribution is 2.21. The average Bonchev–Trinajstić information content (AvgIpc) is 2.74. The van der Waals surface area contributed by atoms with E-state index in [-0.39, 0.29) is 5.97 Å². The van der Waals surface area contributed by atoms with Crippen LogP contribution >= 0.6 is 0 Å². The molecule has 0 aliphatic carbocycles. The molecule has 28 heavy (non-hydrogen) atoms. The minimum atomic E-state index is -0.235. The summed E-state index contributed by atoms with van der Waals surface area (Å²) in [5, 5.41) is 0. The van der Waals surface area contributed by atoms with E-state index in [1.165, 1.54) is 49.7 Å². The predicted octanol–water partition coefficient (Wildman–Crippen LogP) is 7.46. The highest BCUT2D eigenvalue weighted by atomic mass is 16.5. The number of hydrogen-bond donors (Lipinski definition) is 0. The molecular formula is C26H36O2. The molecule has 2 heteroatoms. The van der Waals surface area contributed by atoms with Gasteiger partial charge in [-0.05, 0) is 47.6 Å². The van der Waals surface area contributed by atoms with E-state index in [2.05, 4.69) is 45.0 Å². The first-order valence-corrected chi connectivity index (χ1v) is 11.0. The summed E-state index contributed by atoms with van der Waals surface area (Å²) in [5.41, 5.74) is 4.34. The number of esters is 1. The Morgan fingerprint density at radius 2 is 1.39 bits per heavy atom. The largest absolute Gasteiger partial charge is 0.462 e. The highest BCUT2D eigenvalue weighted by molar-refractivity contribution is 5.90. The molecule has 2 aromatic carbocycles. The van der Waals surface area contributed by atoms with Crippen LogP contribution in [0.4, 0.5) is 0 Å². The molecule has 2 nitrogen and oxygen atoms in total. The van der Waals surface area contributed by atoms with Gasteiger partial charge in [0.25, 0.3) is 0 Å². The van der Waals surface area contributed by atoms with Gasteiger partial charge in [-0.2, -0.15) is 0 Å². The first-order chi connectivity index (χ1) is 13.6. The van der Waals surface area contributed by atoms with Gasteiger partial charge in [-0.3, -0.25) is 0 Å². The van der Waals surface area contributed by atoms with Crippen LogP contribution in [0.15, 0.2) is 48.5 Å². The maximum Gasteiger partial charge on any atom is 0.338 e. The van der Waals surface area contributed by atoms with Gasteiger partial charge in [0.2, 0.25) is 0 Å². The van der Waals surface area contributed by atoms with Gasteiger partial charge in [0.15, 0.2) is 0 Å². The van der Waals surface area contributed by atoms with Crippen molar-refractivity contribution >= 4 is 5.97 Å². The molecule has 0 amide bonds. The average molecular weight is 381 g/mol. The van der Waals surface area contributed by atoms with Crippen LogP contribution in [0.25, 0.3) is 11.1 Å². The van der Waals surface area contributed by atoms with Crippen LogP contribution in [0.2, 0.25) is 0 Å². The van der Waals surface area contributed by atoms with Gasteiger partial charge in [-0.25, -0.2) is 4.79 Å². The quantitative estimate of drug-likeness (QED) is 0.282. The van der Waals surface area contributed by atoms with Crippen LogP contribution in [0, 0.1) is 5.92 Å². The first kappa shape index (κ1) is 22.2. The predicted molar refractivity (Wildman–Crippen MR) is 119 cm³/mol. The Hall–Kier alpha value is -2.09. The molecule has 0 bridgehead atoms. The van der Waals surface area contributed by atoms with Crippen LogP contribution in [0.5, 0.6) is 0 Å². The van der Waals surface area contributed by atoms with E-state index in [1.54, 1.807) is 0 Å². The molecule has 0 saturated heterocycles. The molecule has 0 radical (unpaired) electrons. The fraction of sp³-hybridized carbons (Fsp3) is 0.500. The number of hydrogen-bond acceptors (Lipinski definition) is 2. The van der Waals surface area contributed by atoms with Crippen molar-refractivity contribution in [3.8, 4) is 11.1 Å². The number of carbonyl (C=O) groups is 1. The summed E-state index contributed by atoms with van der Waals surface area (Å²) in [7, 11) is 0. The number of carbonyl (C=O) groups excluding carboxylic acids is 1. The maximum atomic E-state index is 12.1. The summed E-state index contributed by atoms with van der Waals surface area (Å²) in [4.78, 5) is 12.1. The summed E-state index contributed by atoms with van der Waals surface area (Å²) < 4.78 is 5.37. The van der Waals surface area contributed by atoms with E-state index >= 15 is 0 Å². The first-order valence-electron chi connectivity index (χ1n) is 11.0. The molecular weight excluding hydrogens is 344 g/mol. The molecule has 2 rings (SSSR count). The van der Waals surface area contributed by atoms with Gasteiger partial charge in [0, 0.05) is 0 Å².